The molecule has 5 nitrogen and oxygen atoms in total. The zero-order valence-corrected chi connectivity index (χ0v) is 10.5. The summed E-state index contributed by atoms with van der Waals surface area (Å²) in [5.74, 6) is -1.72. The molecule has 1 aliphatic heterocycles. The molecule has 1 saturated heterocycles. The molecule has 0 aromatic heterocycles. The molecule has 5 heteroatoms. The minimum absolute atomic E-state index is 0.233. The third-order valence-corrected chi connectivity index (χ3v) is 2.77. The third kappa shape index (κ3) is 1.88. The number of imide groups is 2. The molecule has 1 N–H and O–H groups in total. The Hall–Kier alpha value is -2.17. The lowest BCUT2D eigenvalue weighted by Gasteiger charge is -2.25. The molecule has 1 heterocycles. The van der Waals surface area contributed by atoms with E-state index in [0.717, 1.165) is 10.5 Å². The summed E-state index contributed by atoms with van der Waals surface area (Å²) in [6.07, 6.45) is 0. The summed E-state index contributed by atoms with van der Waals surface area (Å²) in [4.78, 5) is 35.4. The highest BCUT2D eigenvalue weighted by molar-refractivity contribution is 6.53. The van der Waals surface area contributed by atoms with Gasteiger partial charge in [0.25, 0.3) is 0 Å². The molecule has 1 fully saturated rings. The normalized spacial score (nSPS) is 16.2. The first-order chi connectivity index (χ1) is 8.32. The van der Waals surface area contributed by atoms with E-state index in [1.54, 1.807) is 12.1 Å². The Bertz CT molecular complexity index is 543. The maximum absolute atomic E-state index is 11.7. The molecule has 1 aliphatic rings. The molecule has 0 atom stereocenters. The number of benzene rings is 1. The molecule has 4 amide bonds. The van der Waals surface area contributed by atoms with E-state index in [9.17, 15) is 14.4 Å². The van der Waals surface area contributed by atoms with E-state index in [1.807, 2.05) is 38.2 Å². The van der Waals surface area contributed by atoms with E-state index in [-0.39, 0.29) is 5.41 Å². The highest BCUT2D eigenvalue weighted by Crippen LogP contribution is 2.32. The fourth-order valence-electron chi connectivity index (χ4n) is 1.92. The van der Waals surface area contributed by atoms with Gasteiger partial charge in [0.15, 0.2) is 0 Å². The average Bonchev–Trinajstić information content (AvgIpc) is 2.52. The van der Waals surface area contributed by atoms with Crippen LogP contribution in [0.4, 0.5) is 10.5 Å². The SMILES string of the molecule is CC(C)(C)c1ccccc1N1C(=O)NC(=O)C1=O. The van der Waals surface area contributed by atoms with Gasteiger partial charge in [0.2, 0.25) is 0 Å². The first-order valence-corrected chi connectivity index (χ1v) is 5.61. The maximum Gasteiger partial charge on any atom is 0.336 e. The number of amides is 4. The smallest absolute Gasteiger partial charge is 0.269 e. The summed E-state index contributed by atoms with van der Waals surface area (Å²) >= 11 is 0. The first kappa shape index (κ1) is 12.3. The summed E-state index contributed by atoms with van der Waals surface area (Å²) in [5.41, 5.74) is 1.06. The molecular formula is C13H14N2O3. The van der Waals surface area contributed by atoms with Gasteiger partial charge in [-0.2, -0.15) is 0 Å². The number of hydrogen-bond acceptors (Lipinski definition) is 3. The minimum Gasteiger partial charge on any atom is -0.269 e. The lowest BCUT2D eigenvalue weighted by molar-refractivity contribution is -0.134. The van der Waals surface area contributed by atoms with Gasteiger partial charge in [-0.05, 0) is 17.0 Å². The van der Waals surface area contributed by atoms with Crippen molar-refractivity contribution in [2.24, 2.45) is 0 Å². The third-order valence-electron chi connectivity index (χ3n) is 2.77. The molecule has 0 unspecified atom stereocenters. The Labute approximate surface area is 105 Å². The number of nitrogens with one attached hydrogen (secondary N) is 1. The number of carbonyl (C=O) groups excluding carboxylic acids is 3. The van der Waals surface area contributed by atoms with Crippen molar-refractivity contribution in [3.8, 4) is 0 Å². The fraction of sp³-hybridized carbons (Fsp3) is 0.308. The molecule has 2 rings (SSSR count). The second-order valence-electron chi connectivity index (χ2n) is 5.17. The van der Waals surface area contributed by atoms with E-state index in [0.29, 0.717) is 5.69 Å². The van der Waals surface area contributed by atoms with Gasteiger partial charge in [0.1, 0.15) is 0 Å². The van der Waals surface area contributed by atoms with Gasteiger partial charge in [-0.1, -0.05) is 39.0 Å². The van der Waals surface area contributed by atoms with Crippen LogP contribution < -0.4 is 10.2 Å². The molecule has 1 aromatic rings. The van der Waals surface area contributed by atoms with Crippen LogP contribution in [0.3, 0.4) is 0 Å². The zero-order chi connectivity index (χ0) is 13.5. The van der Waals surface area contributed by atoms with E-state index >= 15 is 0 Å². The number of urea groups is 1. The Morgan fingerprint density at radius 3 is 2.17 bits per heavy atom. The van der Waals surface area contributed by atoms with Crippen molar-refractivity contribution in [1.82, 2.24) is 5.32 Å². The van der Waals surface area contributed by atoms with Crippen molar-refractivity contribution in [1.29, 1.82) is 0 Å². The summed E-state index contributed by atoms with van der Waals surface area (Å²) in [7, 11) is 0. The molecular weight excluding hydrogens is 232 g/mol. The average molecular weight is 246 g/mol. The molecule has 18 heavy (non-hydrogen) atoms. The van der Waals surface area contributed by atoms with Crippen molar-refractivity contribution < 1.29 is 14.4 Å². The standard InChI is InChI=1S/C13H14N2O3/c1-13(2,3)8-6-4-5-7-9(8)15-11(17)10(16)14-12(15)18/h4-7H,1-3H3,(H,14,16,18). The summed E-state index contributed by atoms with van der Waals surface area (Å²) in [6, 6.07) is 6.38. The Balaban J connectivity index is 2.56. The van der Waals surface area contributed by atoms with Crippen LogP contribution in [0, 0.1) is 0 Å². The van der Waals surface area contributed by atoms with Crippen LogP contribution in [-0.2, 0) is 15.0 Å². The Morgan fingerprint density at radius 2 is 1.67 bits per heavy atom. The Morgan fingerprint density at radius 1 is 1.06 bits per heavy atom. The lowest BCUT2D eigenvalue weighted by Crippen LogP contribution is -2.33. The molecule has 1 aromatic carbocycles. The number of anilines is 1. The number of nitrogens with zero attached hydrogens (tertiary/aromatic N) is 1. The molecule has 0 saturated carbocycles. The predicted molar refractivity (Wildman–Crippen MR) is 66.2 cm³/mol. The van der Waals surface area contributed by atoms with Crippen molar-refractivity contribution >= 4 is 23.5 Å². The number of hydrogen-bond donors (Lipinski definition) is 1. The summed E-state index contributed by atoms with van der Waals surface area (Å²) < 4.78 is 0. The van der Waals surface area contributed by atoms with Crippen LogP contribution in [0.25, 0.3) is 0 Å². The first-order valence-electron chi connectivity index (χ1n) is 5.61. The van der Waals surface area contributed by atoms with Crippen LogP contribution >= 0.6 is 0 Å². The minimum atomic E-state index is -0.885. The monoisotopic (exact) mass is 246 g/mol. The van der Waals surface area contributed by atoms with Gasteiger partial charge < -0.3 is 0 Å². The number of carbonyl (C=O) groups is 3. The van der Waals surface area contributed by atoms with Gasteiger partial charge in [0.05, 0.1) is 5.69 Å². The van der Waals surface area contributed by atoms with Gasteiger partial charge in [0, 0.05) is 0 Å². The van der Waals surface area contributed by atoms with Gasteiger partial charge in [-0.25, -0.2) is 9.69 Å². The van der Waals surface area contributed by atoms with Crippen molar-refractivity contribution in [3.05, 3.63) is 29.8 Å². The van der Waals surface area contributed by atoms with Crippen molar-refractivity contribution in [2.75, 3.05) is 4.90 Å². The maximum atomic E-state index is 11.7. The fourth-order valence-corrected chi connectivity index (χ4v) is 1.92. The van der Waals surface area contributed by atoms with Crippen molar-refractivity contribution in [3.63, 3.8) is 0 Å². The van der Waals surface area contributed by atoms with Gasteiger partial charge in [-0.15, -0.1) is 0 Å². The van der Waals surface area contributed by atoms with Crippen LogP contribution in [-0.4, -0.2) is 17.8 Å². The zero-order valence-electron chi connectivity index (χ0n) is 10.5. The van der Waals surface area contributed by atoms with Crippen LogP contribution in [0.15, 0.2) is 24.3 Å². The summed E-state index contributed by atoms with van der Waals surface area (Å²) in [5, 5.41) is 1.99. The van der Waals surface area contributed by atoms with Gasteiger partial charge in [-0.3, -0.25) is 14.9 Å². The number of para-hydroxylation sites is 1. The van der Waals surface area contributed by atoms with Crippen LogP contribution in [0.2, 0.25) is 0 Å². The quantitative estimate of drug-likeness (QED) is 0.604. The largest absolute Gasteiger partial charge is 0.336 e. The van der Waals surface area contributed by atoms with E-state index in [4.69, 9.17) is 0 Å². The molecule has 0 aliphatic carbocycles. The Kier molecular flexibility index (Phi) is 2.69. The second kappa shape index (κ2) is 3.94. The molecule has 0 bridgehead atoms. The number of rotatable bonds is 1. The summed E-state index contributed by atoms with van der Waals surface area (Å²) in [6.45, 7) is 5.93. The van der Waals surface area contributed by atoms with Gasteiger partial charge >= 0.3 is 17.8 Å². The highest BCUT2D eigenvalue weighted by atomic mass is 16.2. The predicted octanol–water partition coefficient (Wildman–Crippen LogP) is 1.57. The topological polar surface area (TPSA) is 66.5 Å². The van der Waals surface area contributed by atoms with Crippen LogP contribution in [0.1, 0.15) is 26.3 Å². The van der Waals surface area contributed by atoms with E-state index in [1.165, 1.54) is 0 Å². The molecule has 94 valence electrons. The van der Waals surface area contributed by atoms with E-state index in [2.05, 4.69) is 0 Å². The van der Waals surface area contributed by atoms with Crippen molar-refractivity contribution in [2.45, 2.75) is 26.2 Å². The molecule has 0 radical (unpaired) electrons. The van der Waals surface area contributed by atoms with Crippen LogP contribution in [0.5, 0.6) is 0 Å². The highest BCUT2D eigenvalue weighted by Gasteiger charge is 2.39. The lowest BCUT2D eigenvalue weighted by atomic mass is 9.85. The second-order valence-corrected chi connectivity index (χ2v) is 5.17. The molecule has 0 spiro atoms. The van der Waals surface area contributed by atoms with E-state index < -0.39 is 17.8 Å².